The molecule has 2 aromatic rings. The van der Waals surface area contributed by atoms with Gasteiger partial charge in [0.25, 0.3) is 5.91 Å². The molecule has 0 spiro atoms. The molecule has 0 radical (unpaired) electrons. The van der Waals surface area contributed by atoms with Crippen LogP contribution in [0.15, 0.2) is 60.7 Å². The van der Waals surface area contributed by atoms with Crippen molar-refractivity contribution in [1.29, 1.82) is 0 Å². The lowest BCUT2D eigenvalue weighted by Crippen LogP contribution is -2.45. The number of nitrogens with zero attached hydrogens (tertiary/aromatic N) is 1. The SMILES string of the molecule is CCC1(c2ccccc2)NC(=O)N(CC(=O)NC(c2ccccc2)C(C)C)C1=O. The van der Waals surface area contributed by atoms with Crippen molar-refractivity contribution < 1.29 is 14.4 Å². The van der Waals surface area contributed by atoms with Crippen LogP contribution in [0.2, 0.25) is 0 Å². The average molecular weight is 393 g/mol. The van der Waals surface area contributed by atoms with Gasteiger partial charge in [0.1, 0.15) is 12.1 Å². The summed E-state index contributed by atoms with van der Waals surface area (Å²) in [6.45, 7) is 5.57. The molecule has 1 saturated heterocycles. The van der Waals surface area contributed by atoms with Gasteiger partial charge in [-0.05, 0) is 23.5 Å². The number of urea groups is 1. The zero-order chi connectivity index (χ0) is 21.0. The third-order valence-electron chi connectivity index (χ3n) is 5.42. The van der Waals surface area contributed by atoms with E-state index < -0.39 is 17.5 Å². The predicted octanol–water partition coefficient (Wildman–Crippen LogP) is 3.36. The van der Waals surface area contributed by atoms with Crippen LogP contribution >= 0.6 is 0 Å². The maximum Gasteiger partial charge on any atom is 0.325 e. The van der Waals surface area contributed by atoms with Gasteiger partial charge in [-0.1, -0.05) is 81.4 Å². The summed E-state index contributed by atoms with van der Waals surface area (Å²) >= 11 is 0. The lowest BCUT2D eigenvalue weighted by Gasteiger charge is -2.26. The van der Waals surface area contributed by atoms with Crippen LogP contribution in [0.25, 0.3) is 0 Å². The van der Waals surface area contributed by atoms with Gasteiger partial charge in [0.05, 0.1) is 6.04 Å². The fourth-order valence-corrected chi connectivity index (χ4v) is 3.79. The maximum absolute atomic E-state index is 13.2. The molecule has 2 aromatic carbocycles. The monoisotopic (exact) mass is 393 g/mol. The Bertz CT molecular complexity index is 883. The Hall–Kier alpha value is -3.15. The quantitative estimate of drug-likeness (QED) is 0.708. The second-order valence-electron chi connectivity index (χ2n) is 7.65. The Morgan fingerprint density at radius 1 is 1.03 bits per heavy atom. The van der Waals surface area contributed by atoms with E-state index in [1.54, 1.807) is 0 Å². The third kappa shape index (κ3) is 4.01. The first kappa shape index (κ1) is 20.6. The van der Waals surface area contributed by atoms with Crippen LogP contribution < -0.4 is 10.6 Å². The summed E-state index contributed by atoms with van der Waals surface area (Å²) in [5.74, 6) is -0.605. The van der Waals surface area contributed by atoms with Crippen LogP contribution in [0.4, 0.5) is 4.79 Å². The molecule has 29 heavy (non-hydrogen) atoms. The molecule has 3 rings (SSSR count). The van der Waals surface area contributed by atoms with Crippen molar-refractivity contribution in [3.8, 4) is 0 Å². The molecule has 0 aromatic heterocycles. The molecule has 1 fully saturated rings. The van der Waals surface area contributed by atoms with Crippen LogP contribution in [-0.4, -0.2) is 29.3 Å². The van der Waals surface area contributed by atoms with Crippen LogP contribution in [-0.2, 0) is 15.1 Å². The van der Waals surface area contributed by atoms with E-state index >= 15 is 0 Å². The number of hydrogen-bond acceptors (Lipinski definition) is 3. The fourth-order valence-electron chi connectivity index (χ4n) is 3.79. The molecule has 2 unspecified atom stereocenters. The molecule has 0 aliphatic carbocycles. The van der Waals surface area contributed by atoms with E-state index in [4.69, 9.17) is 0 Å². The molecule has 4 amide bonds. The summed E-state index contributed by atoms with van der Waals surface area (Å²) in [5.41, 5.74) is 0.573. The van der Waals surface area contributed by atoms with Crippen LogP contribution in [0.1, 0.15) is 44.4 Å². The van der Waals surface area contributed by atoms with Gasteiger partial charge < -0.3 is 10.6 Å². The number of benzene rings is 2. The predicted molar refractivity (Wildman–Crippen MR) is 111 cm³/mol. The highest BCUT2D eigenvalue weighted by Crippen LogP contribution is 2.32. The maximum atomic E-state index is 13.2. The van der Waals surface area contributed by atoms with Gasteiger partial charge in [-0.3, -0.25) is 14.5 Å². The number of nitrogens with one attached hydrogen (secondary N) is 2. The van der Waals surface area contributed by atoms with Gasteiger partial charge in [0.2, 0.25) is 5.91 Å². The van der Waals surface area contributed by atoms with Crippen molar-refractivity contribution in [2.24, 2.45) is 5.92 Å². The minimum atomic E-state index is -1.13. The third-order valence-corrected chi connectivity index (χ3v) is 5.42. The molecule has 152 valence electrons. The van der Waals surface area contributed by atoms with Crippen LogP contribution in [0.5, 0.6) is 0 Å². The topological polar surface area (TPSA) is 78.5 Å². The van der Waals surface area contributed by atoms with Crippen molar-refractivity contribution in [2.45, 2.75) is 38.8 Å². The van der Waals surface area contributed by atoms with Gasteiger partial charge in [0.15, 0.2) is 0 Å². The molecule has 6 heteroatoms. The minimum Gasteiger partial charge on any atom is -0.347 e. The van der Waals surface area contributed by atoms with Gasteiger partial charge in [-0.25, -0.2) is 4.79 Å². The number of imide groups is 1. The van der Waals surface area contributed by atoms with Gasteiger partial charge in [0, 0.05) is 0 Å². The number of hydrogen-bond donors (Lipinski definition) is 2. The van der Waals surface area contributed by atoms with E-state index in [-0.39, 0.29) is 24.4 Å². The first-order valence-corrected chi connectivity index (χ1v) is 9.93. The summed E-state index contributed by atoms with van der Waals surface area (Å²) in [6.07, 6.45) is 0.401. The average Bonchev–Trinajstić information content (AvgIpc) is 2.98. The second-order valence-corrected chi connectivity index (χ2v) is 7.65. The summed E-state index contributed by atoms with van der Waals surface area (Å²) < 4.78 is 0. The van der Waals surface area contributed by atoms with E-state index in [2.05, 4.69) is 10.6 Å². The van der Waals surface area contributed by atoms with E-state index in [0.29, 0.717) is 12.0 Å². The van der Waals surface area contributed by atoms with E-state index in [0.717, 1.165) is 10.5 Å². The van der Waals surface area contributed by atoms with Crippen molar-refractivity contribution in [2.75, 3.05) is 6.54 Å². The summed E-state index contributed by atoms with van der Waals surface area (Å²) in [6, 6.07) is 18.1. The van der Waals surface area contributed by atoms with E-state index in [1.165, 1.54) is 0 Å². The summed E-state index contributed by atoms with van der Waals surface area (Å²) in [5, 5.41) is 5.78. The smallest absolute Gasteiger partial charge is 0.325 e. The number of carbonyl (C=O) groups excluding carboxylic acids is 3. The summed E-state index contributed by atoms with van der Waals surface area (Å²) in [4.78, 5) is 39.5. The largest absolute Gasteiger partial charge is 0.347 e. The van der Waals surface area contributed by atoms with Crippen LogP contribution in [0, 0.1) is 5.92 Å². The van der Waals surface area contributed by atoms with Crippen LogP contribution in [0.3, 0.4) is 0 Å². The first-order chi connectivity index (χ1) is 13.9. The molecule has 1 heterocycles. The Kier molecular flexibility index (Phi) is 6.01. The van der Waals surface area contributed by atoms with Gasteiger partial charge in [-0.2, -0.15) is 0 Å². The Balaban J connectivity index is 1.77. The molecule has 1 aliphatic rings. The van der Waals surface area contributed by atoms with E-state index in [9.17, 15) is 14.4 Å². The molecule has 0 saturated carbocycles. The summed E-state index contributed by atoms with van der Waals surface area (Å²) in [7, 11) is 0. The normalized spacial score (nSPS) is 19.9. The number of amides is 4. The highest BCUT2D eigenvalue weighted by atomic mass is 16.2. The number of carbonyl (C=O) groups is 3. The molecular formula is C23H27N3O3. The Morgan fingerprint density at radius 2 is 1.62 bits per heavy atom. The minimum absolute atomic E-state index is 0.156. The second kappa shape index (κ2) is 8.47. The molecule has 2 atom stereocenters. The Morgan fingerprint density at radius 3 is 2.17 bits per heavy atom. The highest BCUT2D eigenvalue weighted by molar-refractivity contribution is 6.09. The van der Waals surface area contributed by atoms with Crippen molar-refractivity contribution in [3.63, 3.8) is 0 Å². The van der Waals surface area contributed by atoms with Gasteiger partial charge >= 0.3 is 6.03 Å². The Labute approximate surface area is 171 Å². The first-order valence-electron chi connectivity index (χ1n) is 9.93. The lowest BCUT2D eigenvalue weighted by atomic mass is 9.87. The number of rotatable bonds is 7. The van der Waals surface area contributed by atoms with Crippen molar-refractivity contribution in [3.05, 3.63) is 71.8 Å². The lowest BCUT2D eigenvalue weighted by molar-refractivity contribution is -0.135. The van der Waals surface area contributed by atoms with Crippen molar-refractivity contribution >= 4 is 17.8 Å². The zero-order valence-corrected chi connectivity index (χ0v) is 17.0. The highest BCUT2D eigenvalue weighted by Gasteiger charge is 2.51. The van der Waals surface area contributed by atoms with Crippen molar-refractivity contribution in [1.82, 2.24) is 15.5 Å². The molecule has 6 nitrogen and oxygen atoms in total. The molecule has 0 bridgehead atoms. The van der Waals surface area contributed by atoms with E-state index in [1.807, 2.05) is 81.4 Å². The molecule has 2 N–H and O–H groups in total. The van der Waals surface area contributed by atoms with Gasteiger partial charge in [-0.15, -0.1) is 0 Å². The standard InChI is InChI=1S/C23H27N3O3/c1-4-23(18-13-9-6-10-14-18)21(28)26(22(29)25-23)15-19(27)24-20(16(2)3)17-11-7-5-8-12-17/h5-14,16,20H,4,15H2,1-3H3,(H,24,27)(H,25,29). The zero-order valence-electron chi connectivity index (χ0n) is 17.0. The molecule has 1 aliphatic heterocycles. The molecular weight excluding hydrogens is 366 g/mol. The fraction of sp³-hybridized carbons (Fsp3) is 0.348.